The van der Waals surface area contributed by atoms with Crippen molar-refractivity contribution >= 4 is 5.97 Å². The molecule has 1 aliphatic rings. The molecule has 0 spiro atoms. The summed E-state index contributed by atoms with van der Waals surface area (Å²) in [5.74, 6) is -0.253. The molecule has 1 unspecified atom stereocenters. The van der Waals surface area contributed by atoms with Crippen LogP contribution < -0.4 is 0 Å². The second-order valence-corrected chi connectivity index (χ2v) is 7.57. The third kappa shape index (κ3) is 9.23. The Morgan fingerprint density at radius 3 is 2.15 bits per heavy atom. The summed E-state index contributed by atoms with van der Waals surface area (Å²) in [4.78, 5) is 11.4. The van der Waals surface area contributed by atoms with E-state index in [2.05, 4.69) is 19.1 Å². The van der Waals surface area contributed by atoms with Crippen molar-refractivity contribution in [3.63, 3.8) is 0 Å². The van der Waals surface area contributed by atoms with Gasteiger partial charge in [-0.1, -0.05) is 101 Å². The predicted octanol–water partition coefficient (Wildman–Crippen LogP) is 6.36. The summed E-state index contributed by atoms with van der Waals surface area (Å²) in [6, 6.07) is 10.2. The Balaban J connectivity index is 1.62. The Bertz CT molecular complexity index is 538. The Labute approximate surface area is 165 Å². The van der Waals surface area contributed by atoms with Crippen LogP contribution in [0, 0.1) is 0 Å². The van der Waals surface area contributed by atoms with Crippen molar-refractivity contribution < 1.29 is 14.3 Å². The average molecular weight is 373 g/mol. The second kappa shape index (κ2) is 13.5. The quantitative estimate of drug-likeness (QED) is 0.265. The van der Waals surface area contributed by atoms with E-state index in [0.717, 1.165) is 18.4 Å². The molecule has 3 heteroatoms. The first kappa shape index (κ1) is 21.7. The number of esters is 1. The number of benzene rings is 1. The van der Waals surface area contributed by atoms with Gasteiger partial charge in [0.05, 0.1) is 12.7 Å². The van der Waals surface area contributed by atoms with Crippen molar-refractivity contribution in [1.29, 1.82) is 0 Å². The fourth-order valence-corrected chi connectivity index (χ4v) is 3.54. The highest BCUT2D eigenvalue weighted by atomic mass is 16.6. The molecular formula is C24H36O3. The summed E-state index contributed by atoms with van der Waals surface area (Å²) < 4.78 is 11.5. The molecule has 0 N–H and O–H groups in total. The van der Waals surface area contributed by atoms with Gasteiger partial charge in [-0.3, -0.25) is 0 Å². The monoisotopic (exact) mass is 372 g/mol. The van der Waals surface area contributed by atoms with Gasteiger partial charge in [0.15, 0.2) is 0 Å². The minimum absolute atomic E-state index is 0.0538. The lowest BCUT2D eigenvalue weighted by molar-refractivity contribution is -0.145. The fraction of sp³-hybridized carbons (Fsp3) is 0.625. The standard InChI is InChI=1S/C24H36O3/c1-2-3-4-5-6-7-8-9-10-14-17-22(23-18-19-24(25)27-23)26-20-21-15-12-11-13-16-21/h11-13,15-16,18-19,22-23H,2-10,14,17,20H2,1H3/t22-,23?/m1/s1. The highest BCUT2D eigenvalue weighted by molar-refractivity contribution is 5.84. The number of ether oxygens (including phenoxy) is 2. The Kier molecular flexibility index (Phi) is 10.9. The average Bonchev–Trinajstić information content (AvgIpc) is 3.12. The molecule has 0 aliphatic carbocycles. The number of cyclic esters (lactones) is 1. The molecule has 1 aliphatic heterocycles. The van der Waals surface area contributed by atoms with Gasteiger partial charge >= 0.3 is 5.97 Å². The first-order chi connectivity index (χ1) is 13.3. The van der Waals surface area contributed by atoms with Crippen molar-refractivity contribution in [2.45, 2.75) is 96.4 Å². The van der Waals surface area contributed by atoms with E-state index in [1.807, 2.05) is 24.3 Å². The number of unbranched alkanes of at least 4 members (excludes halogenated alkanes) is 9. The number of rotatable bonds is 15. The van der Waals surface area contributed by atoms with Gasteiger partial charge in [-0.2, -0.15) is 0 Å². The lowest BCUT2D eigenvalue weighted by Crippen LogP contribution is -2.28. The van der Waals surface area contributed by atoms with Crippen LogP contribution in [0.1, 0.15) is 83.1 Å². The van der Waals surface area contributed by atoms with Gasteiger partial charge in [0.1, 0.15) is 6.10 Å². The third-order valence-corrected chi connectivity index (χ3v) is 5.19. The molecule has 0 saturated heterocycles. The van der Waals surface area contributed by atoms with Gasteiger partial charge in [0.2, 0.25) is 0 Å². The van der Waals surface area contributed by atoms with Gasteiger partial charge < -0.3 is 9.47 Å². The molecule has 3 nitrogen and oxygen atoms in total. The van der Waals surface area contributed by atoms with Crippen LogP contribution in [0.2, 0.25) is 0 Å². The van der Waals surface area contributed by atoms with E-state index in [1.165, 1.54) is 63.9 Å². The van der Waals surface area contributed by atoms with E-state index >= 15 is 0 Å². The van der Waals surface area contributed by atoms with Crippen LogP contribution in [-0.4, -0.2) is 18.2 Å². The molecule has 0 bridgehead atoms. The number of carbonyl (C=O) groups is 1. The molecule has 0 amide bonds. The smallest absolute Gasteiger partial charge is 0.331 e. The number of carbonyl (C=O) groups excluding carboxylic acids is 1. The Morgan fingerprint density at radius 1 is 0.926 bits per heavy atom. The SMILES string of the molecule is CCCCCCCCCCCC[C@@H](OCc1ccccc1)C1C=CC(=O)O1. The molecule has 0 fully saturated rings. The molecule has 150 valence electrons. The van der Waals surface area contributed by atoms with E-state index in [9.17, 15) is 4.79 Å². The maximum atomic E-state index is 11.4. The summed E-state index contributed by atoms with van der Waals surface area (Å²) in [5.41, 5.74) is 1.15. The number of hydrogen-bond acceptors (Lipinski definition) is 3. The van der Waals surface area contributed by atoms with Gasteiger partial charge in [-0.25, -0.2) is 4.79 Å². The van der Waals surface area contributed by atoms with E-state index in [1.54, 1.807) is 0 Å². The predicted molar refractivity (Wildman–Crippen MR) is 111 cm³/mol. The summed E-state index contributed by atoms with van der Waals surface area (Å²) in [7, 11) is 0. The Hall–Kier alpha value is -1.61. The zero-order valence-corrected chi connectivity index (χ0v) is 16.9. The second-order valence-electron chi connectivity index (χ2n) is 7.57. The molecular weight excluding hydrogens is 336 g/mol. The minimum atomic E-state index is -0.253. The highest BCUT2D eigenvalue weighted by Gasteiger charge is 2.27. The molecule has 0 aromatic heterocycles. The van der Waals surface area contributed by atoms with E-state index in [4.69, 9.17) is 9.47 Å². The van der Waals surface area contributed by atoms with Crippen molar-refractivity contribution in [3.8, 4) is 0 Å². The Morgan fingerprint density at radius 2 is 1.56 bits per heavy atom. The highest BCUT2D eigenvalue weighted by Crippen LogP contribution is 2.20. The van der Waals surface area contributed by atoms with Crippen molar-refractivity contribution in [1.82, 2.24) is 0 Å². The van der Waals surface area contributed by atoms with Gasteiger partial charge in [-0.05, 0) is 18.1 Å². The topological polar surface area (TPSA) is 35.5 Å². The molecule has 2 rings (SSSR count). The first-order valence-corrected chi connectivity index (χ1v) is 10.8. The van der Waals surface area contributed by atoms with Crippen LogP contribution in [0.5, 0.6) is 0 Å². The van der Waals surface area contributed by atoms with Crippen molar-refractivity contribution in [2.75, 3.05) is 0 Å². The molecule has 1 aromatic rings. The first-order valence-electron chi connectivity index (χ1n) is 10.8. The third-order valence-electron chi connectivity index (χ3n) is 5.19. The van der Waals surface area contributed by atoms with Crippen LogP contribution in [-0.2, 0) is 20.9 Å². The van der Waals surface area contributed by atoms with Crippen LogP contribution in [0.25, 0.3) is 0 Å². The summed E-state index contributed by atoms with van der Waals surface area (Å²) in [6.45, 7) is 2.82. The van der Waals surface area contributed by atoms with E-state index in [-0.39, 0.29) is 18.2 Å². The normalized spacial score (nSPS) is 17.2. The van der Waals surface area contributed by atoms with Crippen molar-refractivity contribution in [3.05, 3.63) is 48.0 Å². The molecule has 1 heterocycles. The minimum Gasteiger partial charge on any atom is -0.452 e. The summed E-state index contributed by atoms with van der Waals surface area (Å²) in [6.07, 6.45) is 17.2. The summed E-state index contributed by atoms with van der Waals surface area (Å²) in [5, 5.41) is 0. The lowest BCUT2D eigenvalue weighted by Gasteiger charge is -2.22. The van der Waals surface area contributed by atoms with E-state index in [0.29, 0.717) is 6.61 Å². The molecule has 27 heavy (non-hydrogen) atoms. The molecule has 2 atom stereocenters. The largest absolute Gasteiger partial charge is 0.452 e. The zero-order valence-electron chi connectivity index (χ0n) is 16.9. The van der Waals surface area contributed by atoms with Crippen LogP contribution in [0.4, 0.5) is 0 Å². The molecule has 1 aromatic carbocycles. The number of hydrogen-bond donors (Lipinski definition) is 0. The maximum absolute atomic E-state index is 11.4. The zero-order chi connectivity index (χ0) is 19.2. The maximum Gasteiger partial charge on any atom is 0.331 e. The fourth-order valence-electron chi connectivity index (χ4n) is 3.54. The van der Waals surface area contributed by atoms with Gasteiger partial charge in [-0.15, -0.1) is 0 Å². The molecule has 0 radical (unpaired) electrons. The molecule has 0 saturated carbocycles. The van der Waals surface area contributed by atoms with Gasteiger partial charge in [0, 0.05) is 6.08 Å². The van der Waals surface area contributed by atoms with Crippen LogP contribution in [0.15, 0.2) is 42.5 Å². The van der Waals surface area contributed by atoms with Crippen LogP contribution in [0.3, 0.4) is 0 Å². The van der Waals surface area contributed by atoms with Crippen molar-refractivity contribution in [2.24, 2.45) is 0 Å². The van der Waals surface area contributed by atoms with E-state index < -0.39 is 0 Å². The summed E-state index contributed by atoms with van der Waals surface area (Å²) >= 11 is 0. The van der Waals surface area contributed by atoms with Crippen LogP contribution >= 0.6 is 0 Å². The van der Waals surface area contributed by atoms with Gasteiger partial charge in [0.25, 0.3) is 0 Å². The lowest BCUT2D eigenvalue weighted by atomic mass is 10.0.